The molecule has 1 saturated carbocycles. The minimum atomic E-state index is 0.447. The average Bonchev–Trinajstić information content (AvgIpc) is 2.96. The van der Waals surface area contributed by atoms with Crippen molar-refractivity contribution in [2.24, 2.45) is 11.3 Å². The maximum absolute atomic E-state index is 5.79. The third-order valence-electron chi connectivity index (χ3n) is 5.21. The second kappa shape index (κ2) is 6.55. The summed E-state index contributed by atoms with van der Waals surface area (Å²) in [6.07, 6.45) is 5.70. The Kier molecular flexibility index (Phi) is 5.27. The van der Waals surface area contributed by atoms with Gasteiger partial charge < -0.3 is 15.0 Å². The molecular weight excluding hydrogens is 236 g/mol. The Morgan fingerprint density at radius 2 is 2.05 bits per heavy atom. The summed E-state index contributed by atoms with van der Waals surface area (Å²) in [4.78, 5) is 2.60. The number of hydrogen-bond acceptors (Lipinski definition) is 3. The molecule has 0 bridgehead atoms. The van der Waals surface area contributed by atoms with E-state index in [9.17, 15) is 0 Å². The normalized spacial score (nSPS) is 34.3. The monoisotopic (exact) mass is 268 g/mol. The first-order chi connectivity index (χ1) is 9.06. The third-order valence-corrected chi connectivity index (χ3v) is 5.21. The SMILES string of the molecule is CCN(CC1CCCO1)CC1CCC(C)(C)C1NC. The van der Waals surface area contributed by atoms with Gasteiger partial charge in [0.2, 0.25) is 0 Å². The van der Waals surface area contributed by atoms with Crippen LogP contribution in [0.1, 0.15) is 46.5 Å². The van der Waals surface area contributed by atoms with Gasteiger partial charge in [-0.1, -0.05) is 20.8 Å². The van der Waals surface area contributed by atoms with Gasteiger partial charge >= 0.3 is 0 Å². The molecule has 0 amide bonds. The van der Waals surface area contributed by atoms with Gasteiger partial charge in [0, 0.05) is 25.7 Å². The third kappa shape index (κ3) is 3.71. The van der Waals surface area contributed by atoms with Crippen LogP contribution in [0.25, 0.3) is 0 Å². The zero-order valence-electron chi connectivity index (χ0n) is 13.2. The summed E-state index contributed by atoms with van der Waals surface area (Å²) >= 11 is 0. The lowest BCUT2D eigenvalue weighted by Gasteiger charge is -2.34. The number of ether oxygens (including phenoxy) is 1. The molecule has 2 fully saturated rings. The van der Waals surface area contributed by atoms with Gasteiger partial charge in [0.1, 0.15) is 0 Å². The molecule has 2 aliphatic rings. The quantitative estimate of drug-likeness (QED) is 0.801. The van der Waals surface area contributed by atoms with E-state index in [2.05, 4.69) is 38.0 Å². The highest BCUT2D eigenvalue weighted by Crippen LogP contribution is 2.41. The summed E-state index contributed by atoms with van der Waals surface area (Å²) < 4.78 is 5.79. The average molecular weight is 268 g/mol. The molecule has 0 spiro atoms. The molecule has 0 aromatic rings. The molecule has 1 aliphatic carbocycles. The highest BCUT2D eigenvalue weighted by atomic mass is 16.5. The standard InChI is InChI=1S/C16H32N2O/c1-5-18(12-14-7-6-10-19-14)11-13-8-9-16(2,3)15(13)17-4/h13-15,17H,5-12H2,1-4H3. The van der Waals surface area contributed by atoms with Gasteiger partial charge in [-0.15, -0.1) is 0 Å². The smallest absolute Gasteiger partial charge is 0.0702 e. The zero-order chi connectivity index (χ0) is 13.9. The molecule has 0 aromatic heterocycles. The molecule has 112 valence electrons. The second-order valence-corrected chi connectivity index (χ2v) is 7.04. The van der Waals surface area contributed by atoms with E-state index in [0.717, 1.165) is 25.6 Å². The number of likely N-dealkylation sites (N-methyl/N-ethyl adjacent to an activating group) is 1. The fourth-order valence-corrected chi connectivity index (χ4v) is 4.08. The Balaban J connectivity index is 1.87. The van der Waals surface area contributed by atoms with E-state index in [-0.39, 0.29) is 0 Å². The molecule has 3 atom stereocenters. The number of rotatable bonds is 6. The lowest BCUT2D eigenvalue weighted by atomic mass is 9.85. The molecule has 1 N–H and O–H groups in total. The maximum atomic E-state index is 5.79. The molecule has 3 nitrogen and oxygen atoms in total. The fraction of sp³-hybridized carbons (Fsp3) is 1.00. The molecule has 0 radical (unpaired) electrons. The van der Waals surface area contributed by atoms with Crippen LogP contribution in [0.15, 0.2) is 0 Å². The summed E-state index contributed by atoms with van der Waals surface area (Å²) in [6.45, 7) is 11.6. The van der Waals surface area contributed by atoms with Crippen molar-refractivity contribution < 1.29 is 4.74 Å². The van der Waals surface area contributed by atoms with Crippen molar-refractivity contribution in [3.8, 4) is 0 Å². The second-order valence-electron chi connectivity index (χ2n) is 7.04. The molecule has 1 saturated heterocycles. The largest absolute Gasteiger partial charge is 0.377 e. The molecule has 0 aromatic carbocycles. The molecule has 3 heteroatoms. The van der Waals surface area contributed by atoms with Gasteiger partial charge in [0.15, 0.2) is 0 Å². The van der Waals surface area contributed by atoms with Gasteiger partial charge in [0.05, 0.1) is 6.10 Å². The number of nitrogens with zero attached hydrogens (tertiary/aromatic N) is 1. The minimum Gasteiger partial charge on any atom is -0.377 e. The molecule has 1 aliphatic heterocycles. The maximum Gasteiger partial charge on any atom is 0.0702 e. The van der Waals surface area contributed by atoms with Crippen LogP contribution in [0.4, 0.5) is 0 Å². The Morgan fingerprint density at radius 1 is 1.26 bits per heavy atom. The minimum absolute atomic E-state index is 0.447. The van der Waals surface area contributed by atoms with E-state index in [4.69, 9.17) is 4.74 Å². The van der Waals surface area contributed by atoms with Crippen LogP contribution in [0.3, 0.4) is 0 Å². The van der Waals surface area contributed by atoms with E-state index in [0.29, 0.717) is 17.6 Å². The van der Waals surface area contributed by atoms with Gasteiger partial charge in [-0.3, -0.25) is 0 Å². The van der Waals surface area contributed by atoms with Crippen LogP contribution in [0.2, 0.25) is 0 Å². The van der Waals surface area contributed by atoms with Crippen LogP contribution < -0.4 is 5.32 Å². The van der Waals surface area contributed by atoms with Crippen LogP contribution in [-0.2, 0) is 4.74 Å². The summed E-state index contributed by atoms with van der Waals surface area (Å²) in [5.41, 5.74) is 0.447. The van der Waals surface area contributed by atoms with Gasteiger partial charge in [-0.2, -0.15) is 0 Å². The predicted octanol–water partition coefficient (Wildman–Crippen LogP) is 2.51. The lowest BCUT2D eigenvalue weighted by molar-refractivity contribution is 0.0667. The summed E-state index contributed by atoms with van der Waals surface area (Å²) in [5, 5.41) is 3.57. The Morgan fingerprint density at radius 3 is 2.63 bits per heavy atom. The molecule has 1 heterocycles. The molecule has 19 heavy (non-hydrogen) atoms. The molecular formula is C16H32N2O. The highest BCUT2D eigenvalue weighted by Gasteiger charge is 2.41. The van der Waals surface area contributed by atoms with E-state index in [1.807, 2.05) is 0 Å². The van der Waals surface area contributed by atoms with Gasteiger partial charge in [0.25, 0.3) is 0 Å². The van der Waals surface area contributed by atoms with Crippen LogP contribution >= 0.6 is 0 Å². The zero-order valence-corrected chi connectivity index (χ0v) is 13.2. The Hall–Kier alpha value is -0.120. The number of nitrogens with one attached hydrogen (secondary N) is 1. The van der Waals surface area contributed by atoms with E-state index < -0.39 is 0 Å². The van der Waals surface area contributed by atoms with Crippen molar-refractivity contribution in [2.45, 2.75) is 58.6 Å². The summed E-state index contributed by atoms with van der Waals surface area (Å²) in [7, 11) is 2.13. The van der Waals surface area contributed by atoms with Gasteiger partial charge in [-0.05, 0) is 50.6 Å². The van der Waals surface area contributed by atoms with Crippen molar-refractivity contribution in [1.29, 1.82) is 0 Å². The van der Waals surface area contributed by atoms with Crippen LogP contribution in [0, 0.1) is 11.3 Å². The topological polar surface area (TPSA) is 24.5 Å². The van der Waals surface area contributed by atoms with E-state index in [1.54, 1.807) is 0 Å². The van der Waals surface area contributed by atoms with Crippen molar-refractivity contribution >= 4 is 0 Å². The lowest BCUT2D eigenvalue weighted by Crippen LogP contribution is -2.45. The van der Waals surface area contributed by atoms with E-state index in [1.165, 1.54) is 32.2 Å². The summed E-state index contributed by atoms with van der Waals surface area (Å²) in [5.74, 6) is 0.793. The van der Waals surface area contributed by atoms with E-state index >= 15 is 0 Å². The fourth-order valence-electron chi connectivity index (χ4n) is 4.08. The first-order valence-corrected chi connectivity index (χ1v) is 8.08. The van der Waals surface area contributed by atoms with Crippen molar-refractivity contribution in [3.05, 3.63) is 0 Å². The first-order valence-electron chi connectivity index (χ1n) is 8.08. The molecule has 3 unspecified atom stereocenters. The van der Waals surface area contributed by atoms with Gasteiger partial charge in [-0.25, -0.2) is 0 Å². The Labute approximate surface area is 119 Å². The Bertz CT molecular complexity index is 274. The summed E-state index contributed by atoms with van der Waals surface area (Å²) in [6, 6.07) is 0.658. The van der Waals surface area contributed by atoms with Crippen LogP contribution in [0.5, 0.6) is 0 Å². The van der Waals surface area contributed by atoms with Crippen molar-refractivity contribution in [1.82, 2.24) is 10.2 Å². The van der Waals surface area contributed by atoms with Crippen molar-refractivity contribution in [3.63, 3.8) is 0 Å². The molecule has 2 rings (SSSR count). The number of hydrogen-bond donors (Lipinski definition) is 1. The van der Waals surface area contributed by atoms with Crippen molar-refractivity contribution in [2.75, 3.05) is 33.3 Å². The first kappa shape index (κ1) is 15.3. The highest BCUT2D eigenvalue weighted by molar-refractivity contribution is 4.96. The van der Waals surface area contributed by atoms with Crippen LogP contribution in [-0.4, -0.2) is 50.3 Å². The predicted molar refractivity (Wildman–Crippen MR) is 80.4 cm³/mol.